The third kappa shape index (κ3) is 1.49. The first-order chi connectivity index (χ1) is 6.07. The monoisotopic (exact) mass is 178 g/mol. The molecule has 0 saturated carbocycles. The van der Waals surface area contributed by atoms with E-state index in [-0.39, 0.29) is 5.41 Å². The average Bonchev–Trinajstić information content (AvgIpc) is 2.34. The second-order valence-electron chi connectivity index (χ2n) is 3.67. The van der Waals surface area contributed by atoms with Gasteiger partial charge in [-0.05, 0) is 12.2 Å². The van der Waals surface area contributed by atoms with E-state index in [1.807, 2.05) is 12.2 Å². The van der Waals surface area contributed by atoms with E-state index in [1.165, 1.54) is 0 Å². The standard InChI is InChI=1S/C10H10O3/c1-10(2)5-3-7-8(4-6-10)13-9(11)12-7/h3-6H,1-2H3. The van der Waals surface area contributed by atoms with Crippen LogP contribution in [0.2, 0.25) is 0 Å². The van der Waals surface area contributed by atoms with E-state index < -0.39 is 5.82 Å². The Labute approximate surface area is 75.4 Å². The van der Waals surface area contributed by atoms with Crippen LogP contribution in [0.3, 0.4) is 0 Å². The molecule has 0 unspecified atom stereocenters. The number of rotatable bonds is 0. The lowest BCUT2D eigenvalue weighted by Crippen LogP contribution is -2.00. The maximum absolute atomic E-state index is 10.7. The molecule has 1 aromatic rings. The molecule has 1 aliphatic rings. The molecule has 0 amide bonds. The van der Waals surface area contributed by atoms with Crippen molar-refractivity contribution in [2.75, 3.05) is 0 Å². The van der Waals surface area contributed by atoms with Crippen molar-refractivity contribution in [3.8, 4) is 0 Å². The van der Waals surface area contributed by atoms with Crippen LogP contribution in [0.4, 0.5) is 0 Å². The van der Waals surface area contributed by atoms with Crippen LogP contribution >= 0.6 is 0 Å². The van der Waals surface area contributed by atoms with Gasteiger partial charge in [-0.2, -0.15) is 0 Å². The summed E-state index contributed by atoms with van der Waals surface area (Å²) in [5, 5.41) is 0. The van der Waals surface area contributed by atoms with E-state index in [1.54, 1.807) is 12.2 Å². The highest BCUT2D eigenvalue weighted by Gasteiger charge is 2.16. The van der Waals surface area contributed by atoms with Crippen molar-refractivity contribution in [3.05, 3.63) is 34.3 Å². The summed E-state index contributed by atoms with van der Waals surface area (Å²) in [7, 11) is 0. The minimum Gasteiger partial charge on any atom is -0.391 e. The fraction of sp³-hybridized carbons (Fsp3) is 0.300. The molecule has 0 bridgehead atoms. The third-order valence-corrected chi connectivity index (χ3v) is 1.96. The Morgan fingerprint density at radius 1 is 1.08 bits per heavy atom. The molecule has 1 aliphatic carbocycles. The lowest BCUT2D eigenvalue weighted by Gasteiger charge is -2.11. The van der Waals surface area contributed by atoms with Crippen LogP contribution in [-0.4, -0.2) is 0 Å². The van der Waals surface area contributed by atoms with E-state index in [4.69, 9.17) is 8.83 Å². The van der Waals surface area contributed by atoms with E-state index in [0.29, 0.717) is 11.5 Å². The summed E-state index contributed by atoms with van der Waals surface area (Å²) in [6.07, 6.45) is 7.46. The normalized spacial score (nSPS) is 18.3. The van der Waals surface area contributed by atoms with Crippen molar-refractivity contribution < 1.29 is 8.83 Å². The molecule has 3 heteroatoms. The molecule has 0 fully saturated rings. The fourth-order valence-electron chi connectivity index (χ4n) is 1.17. The van der Waals surface area contributed by atoms with Gasteiger partial charge in [0.05, 0.1) is 0 Å². The molecule has 1 aromatic heterocycles. The van der Waals surface area contributed by atoms with Gasteiger partial charge >= 0.3 is 5.82 Å². The highest BCUT2D eigenvalue weighted by atomic mass is 16.6. The smallest absolute Gasteiger partial charge is 0.391 e. The van der Waals surface area contributed by atoms with Crippen LogP contribution in [0.5, 0.6) is 0 Å². The zero-order valence-corrected chi connectivity index (χ0v) is 7.53. The third-order valence-electron chi connectivity index (χ3n) is 1.96. The topological polar surface area (TPSA) is 43.4 Å². The van der Waals surface area contributed by atoms with E-state index in [9.17, 15) is 4.79 Å². The van der Waals surface area contributed by atoms with Crippen LogP contribution in [0, 0.1) is 5.41 Å². The quantitative estimate of drug-likeness (QED) is 0.612. The van der Waals surface area contributed by atoms with Crippen molar-refractivity contribution in [1.29, 1.82) is 0 Å². The molecule has 2 rings (SSSR count). The van der Waals surface area contributed by atoms with Crippen molar-refractivity contribution in [2.45, 2.75) is 13.8 Å². The molecule has 0 saturated heterocycles. The van der Waals surface area contributed by atoms with Crippen LogP contribution in [-0.2, 0) is 0 Å². The van der Waals surface area contributed by atoms with Crippen molar-refractivity contribution in [3.63, 3.8) is 0 Å². The molecule has 68 valence electrons. The summed E-state index contributed by atoms with van der Waals surface area (Å²) in [5.41, 5.74) is -0.0277. The molecular formula is C10H10O3. The average molecular weight is 178 g/mol. The molecule has 0 spiro atoms. The Morgan fingerprint density at radius 2 is 1.54 bits per heavy atom. The first kappa shape index (κ1) is 8.10. The van der Waals surface area contributed by atoms with Crippen molar-refractivity contribution in [1.82, 2.24) is 0 Å². The van der Waals surface area contributed by atoms with Crippen LogP contribution < -0.4 is 5.82 Å². The van der Waals surface area contributed by atoms with E-state index >= 15 is 0 Å². The molecule has 3 nitrogen and oxygen atoms in total. The summed E-state index contributed by atoms with van der Waals surface area (Å²) in [4.78, 5) is 10.7. The first-order valence-corrected chi connectivity index (χ1v) is 4.09. The highest BCUT2D eigenvalue weighted by molar-refractivity contribution is 5.60. The van der Waals surface area contributed by atoms with Gasteiger partial charge in [-0.1, -0.05) is 26.0 Å². The van der Waals surface area contributed by atoms with Crippen LogP contribution in [0.1, 0.15) is 25.4 Å². The van der Waals surface area contributed by atoms with Gasteiger partial charge < -0.3 is 8.83 Å². The maximum Gasteiger partial charge on any atom is 0.519 e. The van der Waals surface area contributed by atoms with Gasteiger partial charge in [0.2, 0.25) is 0 Å². The summed E-state index contributed by atoms with van der Waals surface area (Å²) in [6, 6.07) is 0. The Kier molecular flexibility index (Phi) is 1.55. The summed E-state index contributed by atoms with van der Waals surface area (Å²) >= 11 is 0. The Hall–Kier alpha value is -1.51. The van der Waals surface area contributed by atoms with Gasteiger partial charge in [-0.25, -0.2) is 4.79 Å². The van der Waals surface area contributed by atoms with Gasteiger partial charge in [0, 0.05) is 5.41 Å². The SMILES string of the molecule is CC1(C)C=Cc2oc(=O)oc2C=C1. The summed E-state index contributed by atoms with van der Waals surface area (Å²) in [5.74, 6) is 0.331. The predicted octanol–water partition coefficient (Wildman–Crippen LogP) is 2.30. The minimum absolute atomic E-state index is 0.0277. The van der Waals surface area contributed by atoms with Gasteiger partial charge in [0.1, 0.15) is 0 Å². The Balaban J connectivity index is 2.56. The second kappa shape index (κ2) is 2.49. The molecule has 0 N–H and O–H groups in total. The van der Waals surface area contributed by atoms with Gasteiger partial charge in [-0.15, -0.1) is 0 Å². The number of hydrogen-bond donors (Lipinski definition) is 0. The van der Waals surface area contributed by atoms with E-state index in [0.717, 1.165) is 0 Å². The van der Waals surface area contributed by atoms with Crippen molar-refractivity contribution >= 4 is 12.2 Å². The highest BCUT2D eigenvalue weighted by Crippen LogP contribution is 2.26. The van der Waals surface area contributed by atoms with Gasteiger partial charge in [0.15, 0.2) is 11.5 Å². The Morgan fingerprint density at radius 3 is 2.00 bits per heavy atom. The van der Waals surface area contributed by atoms with Gasteiger partial charge in [-0.3, -0.25) is 0 Å². The van der Waals surface area contributed by atoms with Crippen LogP contribution in [0.15, 0.2) is 25.8 Å². The minimum atomic E-state index is -0.654. The fourth-order valence-corrected chi connectivity index (χ4v) is 1.17. The second-order valence-corrected chi connectivity index (χ2v) is 3.67. The predicted molar refractivity (Wildman–Crippen MR) is 49.1 cm³/mol. The Bertz CT molecular complexity index is 393. The van der Waals surface area contributed by atoms with Crippen LogP contribution in [0.25, 0.3) is 12.2 Å². The summed E-state index contributed by atoms with van der Waals surface area (Å²) in [6.45, 7) is 4.12. The van der Waals surface area contributed by atoms with Crippen molar-refractivity contribution in [2.24, 2.45) is 5.41 Å². The molecule has 0 atom stereocenters. The zero-order chi connectivity index (χ0) is 9.47. The van der Waals surface area contributed by atoms with E-state index in [2.05, 4.69) is 13.8 Å². The molecule has 0 aromatic carbocycles. The zero-order valence-electron chi connectivity index (χ0n) is 7.53. The number of fused-ring (bicyclic) bond motifs is 1. The molecule has 0 radical (unpaired) electrons. The lowest BCUT2D eigenvalue weighted by molar-refractivity contribution is 0.381. The largest absolute Gasteiger partial charge is 0.519 e. The molecule has 13 heavy (non-hydrogen) atoms. The molecule has 0 aliphatic heterocycles. The first-order valence-electron chi connectivity index (χ1n) is 4.09. The summed E-state index contributed by atoms with van der Waals surface area (Å²) < 4.78 is 9.64. The lowest BCUT2D eigenvalue weighted by atomic mass is 9.93. The van der Waals surface area contributed by atoms with Gasteiger partial charge in [0.25, 0.3) is 0 Å². The number of hydrogen-bond acceptors (Lipinski definition) is 3. The molecule has 1 heterocycles. The number of allylic oxidation sites excluding steroid dienone is 2. The maximum atomic E-state index is 10.7. The molecular weight excluding hydrogens is 168 g/mol.